The van der Waals surface area contributed by atoms with Crippen molar-refractivity contribution in [3.05, 3.63) is 149 Å². The Morgan fingerprint density at radius 2 is 1.23 bits per heavy atom. The molecule has 57 heavy (non-hydrogen) atoms. The van der Waals surface area contributed by atoms with E-state index in [4.69, 9.17) is 28.9 Å². The second-order valence-corrected chi connectivity index (χ2v) is 14.3. The largest absolute Gasteiger partial charge is 0.508 e. The molecular weight excluding hydrogens is 721 g/mol. The number of aliphatic imine (C=N–C) groups is 2. The van der Waals surface area contributed by atoms with Crippen molar-refractivity contribution in [3.63, 3.8) is 0 Å². The second-order valence-electron chi connectivity index (χ2n) is 14.3. The maximum atomic E-state index is 13.8. The molecule has 2 N–H and O–H groups in total. The molecule has 5 aromatic carbocycles. The Morgan fingerprint density at radius 1 is 0.667 bits per heavy atom. The summed E-state index contributed by atoms with van der Waals surface area (Å²) in [5, 5.41) is 22.2. The number of carbonyl (C=O) groups is 1. The lowest BCUT2D eigenvalue weighted by atomic mass is 10.0. The molecule has 0 bridgehead atoms. The topological polar surface area (TPSA) is 126 Å². The third-order valence-electron chi connectivity index (χ3n) is 10.7. The summed E-state index contributed by atoms with van der Waals surface area (Å²) in [4.78, 5) is 26.9. The van der Waals surface area contributed by atoms with Crippen LogP contribution in [0.3, 0.4) is 0 Å². The molecule has 5 aromatic rings. The molecule has 0 saturated heterocycles. The minimum Gasteiger partial charge on any atom is -0.508 e. The molecule has 0 radical (unpaired) electrons. The first-order valence-electron chi connectivity index (χ1n) is 18.8. The van der Waals surface area contributed by atoms with Gasteiger partial charge in [0.1, 0.15) is 19.0 Å². The van der Waals surface area contributed by atoms with E-state index in [9.17, 15) is 15.0 Å². The predicted molar refractivity (Wildman–Crippen MR) is 218 cm³/mol. The van der Waals surface area contributed by atoms with Gasteiger partial charge >= 0.3 is 0 Å². The number of phenolic OH excluding ortho intramolecular Hbond substituents is 1. The van der Waals surface area contributed by atoms with Crippen LogP contribution in [0.2, 0.25) is 0 Å². The van der Waals surface area contributed by atoms with Crippen molar-refractivity contribution in [1.82, 2.24) is 9.80 Å². The van der Waals surface area contributed by atoms with Crippen LogP contribution in [0.1, 0.15) is 57.2 Å². The summed E-state index contributed by atoms with van der Waals surface area (Å²) in [6.45, 7) is 0.205. The number of phenols is 1. The van der Waals surface area contributed by atoms with Crippen LogP contribution in [0.15, 0.2) is 126 Å². The molecule has 0 aliphatic carbocycles. The highest BCUT2D eigenvalue weighted by atomic mass is 16.5. The second kappa shape index (κ2) is 15.0. The third kappa shape index (κ3) is 6.98. The molecule has 11 heteroatoms. The zero-order valence-electron chi connectivity index (χ0n) is 31.4. The van der Waals surface area contributed by atoms with Gasteiger partial charge in [0.25, 0.3) is 5.91 Å². The minimum absolute atomic E-state index is 0.0486. The average Bonchev–Trinajstić information content (AvgIpc) is 3.82. The standard InChI is InChI=1S/C46H40N4O7/c1-54-41-18-37-39(47-22-34-16-32(24-49(34)45(37)52)30-9-5-3-6-10-30)20-43(41)56-26-28-13-29(15-36(51)14-28)27-57-44-21-40-38(19-42(44)55-2)46(53)50-25-33(17-35(50)23-48-40)31-11-7-4-8-12-31/h3-15,18-25,34-35,45,51-52H,16-17,26-27H2,1-2H3/t34-,35-,45?/m0/s1. The summed E-state index contributed by atoms with van der Waals surface area (Å²) >= 11 is 0. The van der Waals surface area contributed by atoms with Gasteiger partial charge in [0, 0.05) is 48.9 Å². The Bertz CT molecular complexity index is 2480. The number of rotatable bonds is 10. The van der Waals surface area contributed by atoms with Crippen LogP contribution >= 0.6 is 0 Å². The highest BCUT2D eigenvalue weighted by Crippen LogP contribution is 2.44. The average molecular weight is 761 g/mol. The Kier molecular flexibility index (Phi) is 9.43. The first-order chi connectivity index (χ1) is 27.8. The first kappa shape index (κ1) is 35.8. The Labute approximate surface area is 330 Å². The zero-order valence-corrected chi connectivity index (χ0v) is 31.4. The van der Waals surface area contributed by atoms with Crippen molar-refractivity contribution < 1.29 is 34.0 Å². The number of aliphatic hydroxyl groups excluding tert-OH is 1. The number of methoxy groups -OCH3 is 2. The summed E-state index contributed by atoms with van der Waals surface area (Å²) in [5.74, 6) is 1.58. The van der Waals surface area contributed by atoms with Crippen molar-refractivity contribution >= 4 is 40.9 Å². The SMILES string of the molecule is COc1cc2c(cc1OCc1cc(O)cc(COc3cc4c(cc3OC)C(O)N3C=C(c5ccccc5)C[C@H]3C=N4)c1)N=C[C@@H]1CC(c3ccccc3)=CN1C2=O. The summed E-state index contributed by atoms with van der Waals surface area (Å²) in [6.07, 6.45) is 8.05. The summed E-state index contributed by atoms with van der Waals surface area (Å²) < 4.78 is 23.9. The van der Waals surface area contributed by atoms with Crippen LogP contribution in [0.25, 0.3) is 11.1 Å². The molecule has 9 rings (SSSR count). The van der Waals surface area contributed by atoms with Crippen LogP contribution < -0.4 is 18.9 Å². The fraction of sp³-hybridized carbons (Fsp3) is 0.196. The number of ether oxygens (including phenoxy) is 4. The van der Waals surface area contributed by atoms with Gasteiger partial charge in [0.05, 0.1) is 43.2 Å². The van der Waals surface area contributed by atoms with Gasteiger partial charge in [-0.2, -0.15) is 0 Å². The Morgan fingerprint density at radius 3 is 1.88 bits per heavy atom. The lowest BCUT2D eigenvalue weighted by molar-refractivity contribution is 0.0336. The molecule has 4 aliphatic rings. The molecule has 0 spiro atoms. The molecular formula is C46H40N4O7. The van der Waals surface area contributed by atoms with E-state index >= 15 is 0 Å². The number of hydrogen-bond donors (Lipinski definition) is 2. The monoisotopic (exact) mass is 760 g/mol. The molecule has 1 unspecified atom stereocenters. The van der Waals surface area contributed by atoms with Gasteiger partial charge in [-0.15, -0.1) is 0 Å². The van der Waals surface area contributed by atoms with Gasteiger partial charge in [0.15, 0.2) is 29.2 Å². The zero-order chi connectivity index (χ0) is 39.0. The van der Waals surface area contributed by atoms with Crippen LogP contribution in [-0.4, -0.2) is 64.7 Å². The first-order valence-corrected chi connectivity index (χ1v) is 18.8. The van der Waals surface area contributed by atoms with Crippen molar-refractivity contribution in [3.8, 4) is 28.7 Å². The molecule has 0 fully saturated rings. The molecule has 0 aromatic heterocycles. The molecule has 4 heterocycles. The molecule has 11 nitrogen and oxygen atoms in total. The third-order valence-corrected chi connectivity index (χ3v) is 10.7. The highest BCUT2D eigenvalue weighted by Gasteiger charge is 2.35. The van der Waals surface area contributed by atoms with E-state index in [1.165, 1.54) is 7.11 Å². The number of benzene rings is 5. The number of carbonyl (C=O) groups excluding carboxylic acids is 1. The van der Waals surface area contributed by atoms with Gasteiger partial charge in [-0.05, 0) is 70.2 Å². The fourth-order valence-electron chi connectivity index (χ4n) is 7.82. The Hall–Kier alpha value is -6.85. The Balaban J connectivity index is 0.896. The summed E-state index contributed by atoms with van der Waals surface area (Å²) in [7, 11) is 3.08. The van der Waals surface area contributed by atoms with Gasteiger partial charge in [-0.3, -0.25) is 14.8 Å². The van der Waals surface area contributed by atoms with E-state index < -0.39 is 6.23 Å². The fourth-order valence-corrected chi connectivity index (χ4v) is 7.82. The van der Waals surface area contributed by atoms with Crippen molar-refractivity contribution in [2.75, 3.05) is 14.2 Å². The molecule has 4 aliphatic heterocycles. The van der Waals surface area contributed by atoms with Crippen LogP contribution in [-0.2, 0) is 13.2 Å². The number of fused-ring (bicyclic) bond motifs is 4. The van der Waals surface area contributed by atoms with Crippen molar-refractivity contribution in [2.24, 2.45) is 9.98 Å². The van der Waals surface area contributed by atoms with Gasteiger partial charge in [-0.25, -0.2) is 0 Å². The molecule has 0 saturated carbocycles. The van der Waals surface area contributed by atoms with E-state index in [1.807, 2.05) is 84.3 Å². The smallest absolute Gasteiger partial charge is 0.260 e. The maximum Gasteiger partial charge on any atom is 0.260 e. The van der Waals surface area contributed by atoms with E-state index in [1.54, 1.807) is 48.4 Å². The highest BCUT2D eigenvalue weighted by molar-refractivity contribution is 6.05. The van der Waals surface area contributed by atoms with Crippen molar-refractivity contribution in [1.29, 1.82) is 0 Å². The minimum atomic E-state index is -0.932. The number of aliphatic hydroxyl groups is 1. The maximum absolute atomic E-state index is 13.8. The predicted octanol–water partition coefficient (Wildman–Crippen LogP) is 8.36. The quantitative estimate of drug-likeness (QED) is 0.146. The number of aromatic hydroxyl groups is 1. The van der Waals surface area contributed by atoms with E-state index in [0.29, 0.717) is 63.0 Å². The number of nitrogens with zero attached hydrogens (tertiary/aromatic N) is 4. The number of amides is 1. The number of hydrogen-bond acceptors (Lipinski definition) is 10. The lowest BCUT2D eigenvalue weighted by Gasteiger charge is -2.27. The van der Waals surface area contributed by atoms with E-state index in [2.05, 4.69) is 12.1 Å². The summed E-state index contributed by atoms with van der Waals surface area (Å²) in [6, 6.07) is 31.9. The van der Waals surface area contributed by atoms with Gasteiger partial charge < -0.3 is 39.0 Å². The van der Waals surface area contributed by atoms with E-state index in [-0.39, 0.29) is 37.0 Å². The van der Waals surface area contributed by atoms with Crippen molar-refractivity contribution in [2.45, 2.75) is 44.4 Å². The molecule has 3 atom stereocenters. The van der Waals surface area contributed by atoms with E-state index in [0.717, 1.165) is 28.7 Å². The molecule has 286 valence electrons. The summed E-state index contributed by atoms with van der Waals surface area (Å²) in [5.41, 5.74) is 7.90. The molecule has 1 amide bonds. The van der Waals surface area contributed by atoms with Crippen LogP contribution in [0, 0.1) is 0 Å². The van der Waals surface area contributed by atoms with Crippen LogP contribution in [0.4, 0.5) is 11.4 Å². The van der Waals surface area contributed by atoms with Crippen LogP contribution in [0.5, 0.6) is 28.7 Å². The van der Waals surface area contributed by atoms with Gasteiger partial charge in [-0.1, -0.05) is 60.7 Å². The lowest BCUT2D eigenvalue weighted by Crippen LogP contribution is -2.32. The van der Waals surface area contributed by atoms with Gasteiger partial charge in [0.2, 0.25) is 0 Å². The normalized spacial score (nSPS) is 19.1.